The van der Waals surface area contributed by atoms with Gasteiger partial charge in [-0.3, -0.25) is 4.79 Å². The van der Waals surface area contributed by atoms with E-state index in [2.05, 4.69) is 22.1 Å². The maximum Gasteiger partial charge on any atom is 0.387 e. The van der Waals surface area contributed by atoms with Crippen molar-refractivity contribution in [2.45, 2.75) is 31.5 Å². The number of aromatic nitrogens is 2. The summed E-state index contributed by atoms with van der Waals surface area (Å²) in [5.41, 5.74) is 2.30. The Bertz CT molecular complexity index is 1380. The Kier molecular flexibility index (Phi) is 4.24. The van der Waals surface area contributed by atoms with Gasteiger partial charge in [0.2, 0.25) is 0 Å². The molecule has 0 saturated heterocycles. The first kappa shape index (κ1) is 17.2. The summed E-state index contributed by atoms with van der Waals surface area (Å²) in [7, 11) is 1.85. The molecule has 2 aromatic carbocycles. The third kappa shape index (κ3) is 3.21. The van der Waals surface area contributed by atoms with E-state index in [1.54, 1.807) is 6.07 Å². The van der Waals surface area contributed by atoms with Gasteiger partial charge in [0.15, 0.2) is 0 Å². The van der Waals surface area contributed by atoms with E-state index in [-0.39, 0.29) is 23.3 Å². The fraction of sp³-hybridized carbons (Fsp3) is 0.333. The van der Waals surface area contributed by atoms with Crippen LogP contribution in [0.3, 0.4) is 0 Å². The van der Waals surface area contributed by atoms with Crippen LogP contribution in [0.25, 0.3) is 11.0 Å². The fourth-order valence-electron chi connectivity index (χ4n) is 4.54. The van der Waals surface area contributed by atoms with Gasteiger partial charge in [0.25, 0.3) is 5.91 Å². The summed E-state index contributed by atoms with van der Waals surface area (Å²) in [6.07, 6.45) is 0.845. The Morgan fingerprint density at radius 2 is 2.22 bits per heavy atom. The number of hydrogen-bond donors (Lipinski definition) is 1. The number of imidazole rings is 1. The van der Waals surface area contributed by atoms with Gasteiger partial charge >= 0.3 is 6.61 Å². The number of carbonyl (C=O) groups excluding carboxylic acids is 1. The SMILES string of the molecule is [2H]C([2H])([2H])N1C(=O)c2cccc(OC(F)F)c2[C@H]2C[C@@H]1c1nc3ccc(C#CCCNC)cc3n12. The maximum atomic E-state index is 13.4. The average Bonchev–Trinajstić information content (AvgIpc) is 3.28. The molecule has 0 aliphatic carbocycles. The monoisotopic (exact) mass is 439 g/mol. The van der Waals surface area contributed by atoms with Crippen molar-refractivity contribution in [3.8, 4) is 17.6 Å². The molecule has 2 aliphatic rings. The molecule has 6 nitrogen and oxygen atoms in total. The molecule has 8 heteroatoms. The second kappa shape index (κ2) is 7.92. The van der Waals surface area contributed by atoms with Crippen LogP contribution < -0.4 is 10.1 Å². The second-order valence-electron chi connectivity index (χ2n) is 7.74. The minimum atomic E-state index is -3.10. The molecular weight excluding hydrogens is 414 g/mol. The number of ether oxygens (including phenoxy) is 1. The van der Waals surface area contributed by atoms with E-state index >= 15 is 0 Å². The van der Waals surface area contributed by atoms with E-state index in [0.717, 1.165) is 17.0 Å². The third-order valence-corrected chi connectivity index (χ3v) is 5.88. The first-order valence-corrected chi connectivity index (χ1v) is 10.3. The number of rotatable bonds is 4. The Morgan fingerprint density at radius 1 is 1.34 bits per heavy atom. The van der Waals surface area contributed by atoms with Crippen LogP contribution in [0.4, 0.5) is 8.78 Å². The van der Waals surface area contributed by atoms with Crippen LogP contribution in [0.5, 0.6) is 5.75 Å². The van der Waals surface area contributed by atoms with Crippen molar-refractivity contribution < 1.29 is 22.4 Å². The lowest BCUT2D eigenvalue weighted by Crippen LogP contribution is -2.30. The van der Waals surface area contributed by atoms with E-state index < -0.39 is 31.6 Å². The maximum absolute atomic E-state index is 13.4. The van der Waals surface area contributed by atoms with Crippen molar-refractivity contribution in [1.82, 2.24) is 19.8 Å². The molecule has 2 aliphatic heterocycles. The van der Waals surface area contributed by atoms with E-state index in [1.165, 1.54) is 18.2 Å². The van der Waals surface area contributed by atoms with Crippen LogP contribution >= 0.6 is 0 Å². The number of halogens is 2. The predicted molar refractivity (Wildman–Crippen MR) is 116 cm³/mol. The molecule has 32 heavy (non-hydrogen) atoms. The number of fused-ring (bicyclic) bond motifs is 9. The number of carbonyl (C=O) groups is 1. The van der Waals surface area contributed by atoms with E-state index in [0.29, 0.717) is 23.3 Å². The standard InChI is InChI=1S/C24H22F2N4O2/c1-27-11-4-3-6-14-9-10-16-17(12-14)30-18-13-19(22(30)28-16)29(2)23(31)15-7-5-8-20(21(15)18)32-24(25)26/h5,7-10,12,18-19,24,27H,4,11,13H2,1-2H3/t18-,19-/m1/s1/i2D3. The lowest BCUT2D eigenvalue weighted by Gasteiger charge is -2.24. The fourth-order valence-corrected chi connectivity index (χ4v) is 4.54. The van der Waals surface area contributed by atoms with Gasteiger partial charge in [-0.15, -0.1) is 0 Å². The van der Waals surface area contributed by atoms with Crippen molar-refractivity contribution in [1.29, 1.82) is 0 Å². The van der Waals surface area contributed by atoms with Crippen LogP contribution in [-0.2, 0) is 0 Å². The lowest BCUT2D eigenvalue weighted by atomic mass is 9.97. The van der Waals surface area contributed by atoms with Gasteiger partial charge in [0.05, 0.1) is 23.1 Å². The molecule has 5 rings (SSSR count). The molecule has 0 fully saturated rings. The molecule has 1 amide bonds. The minimum absolute atomic E-state index is 0.0299. The highest BCUT2D eigenvalue weighted by Gasteiger charge is 2.44. The zero-order chi connectivity index (χ0) is 24.9. The van der Waals surface area contributed by atoms with Gasteiger partial charge in [-0.05, 0) is 37.4 Å². The van der Waals surface area contributed by atoms with Gasteiger partial charge in [0, 0.05) is 47.2 Å². The van der Waals surface area contributed by atoms with Crippen molar-refractivity contribution >= 4 is 16.9 Å². The van der Waals surface area contributed by atoms with Crippen LogP contribution in [-0.4, -0.2) is 47.5 Å². The van der Waals surface area contributed by atoms with Gasteiger partial charge in [0.1, 0.15) is 11.6 Å². The molecule has 3 aromatic rings. The molecule has 0 spiro atoms. The van der Waals surface area contributed by atoms with Crippen molar-refractivity contribution in [3.63, 3.8) is 0 Å². The largest absolute Gasteiger partial charge is 0.434 e. The molecule has 1 N–H and O–H groups in total. The first-order valence-electron chi connectivity index (χ1n) is 11.8. The summed E-state index contributed by atoms with van der Waals surface area (Å²) in [6.45, 7) is -5.11. The van der Waals surface area contributed by atoms with E-state index in [1.807, 2.05) is 23.7 Å². The van der Waals surface area contributed by atoms with Gasteiger partial charge < -0.3 is 19.5 Å². The van der Waals surface area contributed by atoms with Crippen LogP contribution in [0.15, 0.2) is 36.4 Å². The van der Waals surface area contributed by atoms with Crippen molar-refractivity contribution in [3.05, 3.63) is 58.9 Å². The van der Waals surface area contributed by atoms with Crippen LogP contribution in [0.2, 0.25) is 0 Å². The van der Waals surface area contributed by atoms with Crippen molar-refractivity contribution in [2.75, 3.05) is 20.6 Å². The quantitative estimate of drug-likeness (QED) is 0.497. The highest BCUT2D eigenvalue weighted by molar-refractivity contribution is 5.97. The summed E-state index contributed by atoms with van der Waals surface area (Å²) in [5, 5.41) is 3.03. The van der Waals surface area contributed by atoms with Crippen LogP contribution in [0.1, 0.15) is 56.3 Å². The average molecular weight is 439 g/mol. The third-order valence-electron chi connectivity index (χ3n) is 5.88. The minimum Gasteiger partial charge on any atom is -0.434 e. The number of alkyl halides is 2. The number of benzene rings is 2. The van der Waals surface area contributed by atoms with Crippen LogP contribution in [0, 0.1) is 11.8 Å². The van der Waals surface area contributed by atoms with Gasteiger partial charge in [-0.25, -0.2) is 4.98 Å². The van der Waals surface area contributed by atoms with Gasteiger partial charge in [-0.1, -0.05) is 17.9 Å². The topological polar surface area (TPSA) is 59.4 Å². The molecule has 0 unspecified atom stereocenters. The molecule has 164 valence electrons. The second-order valence-corrected chi connectivity index (χ2v) is 7.74. The zero-order valence-electron chi connectivity index (χ0n) is 20.2. The number of nitrogens with one attached hydrogen (secondary N) is 1. The molecule has 2 atom stereocenters. The smallest absolute Gasteiger partial charge is 0.387 e. The molecule has 2 bridgehead atoms. The molecule has 0 saturated carbocycles. The summed E-state index contributed by atoms with van der Waals surface area (Å²) < 4.78 is 57.3. The normalized spacial score (nSPS) is 20.7. The predicted octanol–water partition coefficient (Wildman–Crippen LogP) is 3.72. The Balaban J connectivity index is 1.73. The Morgan fingerprint density at radius 3 is 3.00 bits per heavy atom. The number of nitrogens with zero attached hydrogens (tertiary/aromatic N) is 3. The zero-order valence-corrected chi connectivity index (χ0v) is 17.2. The molecule has 0 radical (unpaired) electrons. The summed E-state index contributed by atoms with van der Waals surface area (Å²) in [6, 6.07) is 8.23. The number of hydrogen-bond acceptors (Lipinski definition) is 4. The molecule has 1 aromatic heterocycles. The summed E-state index contributed by atoms with van der Waals surface area (Å²) >= 11 is 0. The van der Waals surface area contributed by atoms with Gasteiger partial charge in [-0.2, -0.15) is 8.78 Å². The lowest BCUT2D eigenvalue weighted by molar-refractivity contribution is -0.0507. The highest BCUT2D eigenvalue weighted by Crippen LogP contribution is 2.49. The number of amides is 1. The van der Waals surface area contributed by atoms with Crippen molar-refractivity contribution in [2.24, 2.45) is 0 Å². The molecule has 3 heterocycles. The molecular formula is C24H22F2N4O2. The van der Waals surface area contributed by atoms with E-state index in [4.69, 9.17) is 8.85 Å². The van der Waals surface area contributed by atoms with E-state index in [9.17, 15) is 13.6 Å². The Hall–Kier alpha value is -3.44. The summed E-state index contributed by atoms with van der Waals surface area (Å²) in [4.78, 5) is 18.9. The Labute approximate surface area is 188 Å². The summed E-state index contributed by atoms with van der Waals surface area (Å²) in [5.74, 6) is 5.68. The first-order chi connectivity index (χ1) is 16.7. The highest BCUT2D eigenvalue weighted by atomic mass is 19.3.